The summed E-state index contributed by atoms with van der Waals surface area (Å²) in [4.78, 5) is 23.8. The van der Waals surface area contributed by atoms with E-state index in [1.807, 2.05) is 12.1 Å². The molecule has 0 spiro atoms. The summed E-state index contributed by atoms with van der Waals surface area (Å²) in [5.74, 6) is -1.04. The largest absolute Gasteiger partial charge is 0.480 e. The number of hydrogen-bond acceptors (Lipinski definition) is 3. The molecule has 2 amide bonds. The smallest absolute Gasteiger partial charge is 0.323 e. The van der Waals surface area contributed by atoms with Crippen LogP contribution in [0.4, 0.5) is 10.5 Å². The quantitative estimate of drug-likeness (QED) is 0.822. The number of carboxylic acids is 1. The van der Waals surface area contributed by atoms with Gasteiger partial charge in [-0.25, -0.2) is 4.79 Å². The van der Waals surface area contributed by atoms with Crippen molar-refractivity contribution in [3.05, 3.63) is 29.8 Å². The summed E-state index contributed by atoms with van der Waals surface area (Å²) in [5, 5.41) is 11.4. The highest BCUT2D eigenvalue weighted by atomic mass is 16.5. The number of rotatable bonds is 6. The summed E-state index contributed by atoms with van der Waals surface area (Å²) < 4.78 is 5.04. The molecule has 6 nitrogen and oxygen atoms in total. The second kappa shape index (κ2) is 7.38. The number of nitrogens with one attached hydrogen (secondary N) is 1. The first-order valence-electron chi connectivity index (χ1n) is 5.93. The summed E-state index contributed by atoms with van der Waals surface area (Å²) in [6.45, 7) is 2.10. The Bertz CT molecular complexity index is 448. The number of hydrogen-bond donors (Lipinski definition) is 2. The molecule has 6 heteroatoms. The minimum atomic E-state index is -1.04. The molecule has 0 saturated heterocycles. The number of carbonyl (C=O) groups excluding carboxylic acids is 1. The molecular weight excluding hydrogens is 248 g/mol. The van der Waals surface area contributed by atoms with E-state index in [0.717, 1.165) is 5.56 Å². The highest BCUT2D eigenvalue weighted by molar-refractivity contribution is 5.92. The van der Waals surface area contributed by atoms with Gasteiger partial charge in [-0.15, -0.1) is 0 Å². The van der Waals surface area contributed by atoms with Crippen molar-refractivity contribution in [3.8, 4) is 0 Å². The minimum absolute atomic E-state index is 0.324. The topological polar surface area (TPSA) is 78.9 Å². The zero-order chi connectivity index (χ0) is 14.3. The lowest BCUT2D eigenvalue weighted by Crippen LogP contribution is -2.38. The van der Waals surface area contributed by atoms with E-state index in [2.05, 4.69) is 5.32 Å². The van der Waals surface area contributed by atoms with Gasteiger partial charge in [-0.3, -0.25) is 4.79 Å². The average Bonchev–Trinajstić information content (AvgIpc) is 2.38. The standard InChI is InChI=1S/C13H18N2O4/c1-3-15(8-12(16)17)13(18)14-11-7-5-4-6-10(11)9-19-2/h4-7H,3,8-9H2,1-2H3,(H,14,18)(H,16,17). The Morgan fingerprint density at radius 3 is 2.63 bits per heavy atom. The number of aliphatic carboxylic acids is 1. The third-order valence-electron chi connectivity index (χ3n) is 2.55. The van der Waals surface area contributed by atoms with Crippen molar-refractivity contribution < 1.29 is 19.4 Å². The molecule has 1 aromatic rings. The van der Waals surface area contributed by atoms with Crippen LogP contribution in [-0.2, 0) is 16.1 Å². The molecule has 1 aromatic carbocycles. The van der Waals surface area contributed by atoms with Crippen LogP contribution in [0.1, 0.15) is 12.5 Å². The molecule has 0 radical (unpaired) electrons. The molecule has 0 fully saturated rings. The highest BCUT2D eigenvalue weighted by Crippen LogP contribution is 2.16. The third kappa shape index (κ3) is 4.59. The van der Waals surface area contributed by atoms with Gasteiger partial charge >= 0.3 is 12.0 Å². The minimum Gasteiger partial charge on any atom is -0.480 e. The Morgan fingerprint density at radius 1 is 1.37 bits per heavy atom. The lowest BCUT2D eigenvalue weighted by atomic mass is 10.2. The van der Waals surface area contributed by atoms with Gasteiger partial charge in [0.2, 0.25) is 0 Å². The van der Waals surface area contributed by atoms with Gasteiger partial charge in [0, 0.05) is 24.9 Å². The second-order valence-electron chi connectivity index (χ2n) is 3.93. The van der Waals surface area contributed by atoms with Crippen LogP contribution in [0, 0.1) is 0 Å². The fourth-order valence-electron chi connectivity index (χ4n) is 1.61. The van der Waals surface area contributed by atoms with E-state index in [-0.39, 0.29) is 6.54 Å². The van der Waals surface area contributed by atoms with E-state index in [4.69, 9.17) is 9.84 Å². The number of likely N-dealkylation sites (N-methyl/N-ethyl adjacent to an activating group) is 1. The number of carboxylic acid groups (broad SMARTS) is 1. The van der Waals surface area contributed by atoms with Gasteiger partial charge in [-0.2, -0.15) is 0 Å². The van der Waals surface area contributed by atoms with Crippen molar-refractivity contribution in [2.24, 2.45) is 0 Å². The van der Waals surface area contributed by atoms with E-state index in [0.29, 0.717) is 18.8 Å². The summed E-state index contributed by atoms with van der Waals surface area (Å²) >= 11 is 0. The molecule has 0 aliphatic rings. The van der Waals surface area contributed by atoms with Gasteiger partial charge in [0.1, 0.15) is 6.54 Å². The van der Waals surface area contributed by atoms with E-state index in [1.165, 1.54) is 4.90 Å². The second-order valence-corrected chi connectivity index (χ2v) is 3.93. The predicted octanol–water partition coefficient (Wildman–Crippen LogP) is 1.77. The number of anilines is 1. The number of nitrogens with zero attached hydrogens (tertiary/aromatic N) is 1. The first-order chi connectivity index (χ1) is 9.08. The van der Waals surface area contributed by atoms with Gasteiger partial charge in [0.05, 0.1) is 6.61 Å². The van der Waals surface area contributed by atoms with Crippen LogP contribution < -0.4 is 5.32 Å². The Balaban J connectivity index is 2.77. The lowest BCUT2D eigenvalue weighted by Gasteiger charge is -2.20. The predicted molar refractivity (Wildman–Crippen MR) is 71.1 cm³/mol. The number of benzene rings is 1. The Morgan fingerprint density at radius 2 is 2.05 bits per heavy atom. The van der Waals surface area contributed by atoms with Crippen LogP contribution >= 0.6 is 0 Å². The van der Waals surface area contributed by atoms with Crippen molar-refractivity contribution in [3.63, 3.8) is 0 Å². The van der Waals surface area contributed by atoms with Crippen LogP contribution in [0.5, 0.6) is 0 Å². The number of para-hydroxylation sites is 1. The SMILES string of the molecule is CCN(CC(=O)O)C(=O)Nc1ccccc1COC. The first kappa shape index (κ1) is 15.0. The molecule has 104 valence electrons. The van der Waals surface area contributed by atoms with Crippen LogP contribution in [0.15, 0.2) is 24.3 Å². The maximum atomic E-state index is 11.9. The Kier molecular flexibility index (Phi) is 5.81. The fourth-order valence-corrected chi connectivity index (χ4v) is 1.61. The van der Waals surface area contributed by atoms with E-state index >= 15 is 0 Å². The molecule has 0 saturated carbocycles. The third-order valence-corrected chi connectivity index (χ3v) is 2.55. The number of carbonyl (C=O) groups is 2. The number of urea groups is 1. The molecular formula is C13H18N2O4. The molecule has 0 atom stereocenters. The molecule has 0 heterocycles. The van der Waals surface area contributed by atoms with Crippen LogP contribution in [0.2, 0.25) is 0 Å². The Hall–Kier alpha value is -2.08. The lowest BCUT2D eigenvalue weighted by molar-refractivity contribution is -0.137. The summed E-state index contributed by atoms with van der Waals surface area (Å²) in [5.41, 5.74) is 1.46. The van der Waals surface area contributed by atoms with E-state index in [1.54, 1.807) is 26.2 Å². The van der Waals surface area contributed by atoms with Gasteiger partial charge in [-0.1, -0.05) is 18.2 Å². The van der Waals surface area contributed by atoms with Crippen LogP contribution in [-0.4, -0.2) is 42.2 Å². The van der Waals surface area contributed by atoms with Crippen molar-refractivity contribution in [2.75, 3.05) is 25.5 Å². The van der Waals surface area contributed by atoms with Gasteiger partial charge in [0.15, 0.2) is 0 Å². The summed E-state index contributed by atoms with van der Waals surface area (Å²) in [6.07, 6.45) is 0. The maximum absolute atomic E-state index is 11.9. The Labute approximate surface area is 112 Å². The summed E-state index contributed by atoms with van der Waals surface area (Å²) in [7, 11) is 1.57. The van der Waals surface area contributed by atoms with E-state index in [9.17, 15) is 9.59 Å². The number of amides is 2. The van der Waals surface area contributed by atoms with Crippen LogP contribution in [0.3, 0.4) is 0 Å². The van der Waals surface area contributed by atoms with E-state index < -0.39 is 12.0 Å². The van der Waals surface area contributed by atoms with Crippen molar-refractivity contribution in [1.29, 1.82) is 0 Å². The van der Waals surface area contributed by atoms with Crippen LogP contribution in [0.25, 0.3) is 0 Å². The zero-order valence-electron chi connectivity index (χ0n) is 11.0. The molecule has 1 rings (SSSR count). The number of ether oxygens (including phenoxy) is 1. The number of methoxy groups -OCH3 is 1. The molecule has 0 unspecified atom stereocenters. The highest BCUT2D eigenvalue weighted by Gasteiger charge is 2.15. The molecule has 19 heavy (non-hydrogen) atoms. The van der Waals surface area contributed by atoms with Gasteiger partial charge in [-0.05, 0) is 13.0 Å². The molecule has 0 aromatic heterocycles. The maximum Gasteiger partial charge on any atom is 0.323 e. The van der Waals surface area contributed by atoms with Crippen molar-refractivity contribution in [1.82, 2.24) is 4.90 Å². The van der Waals surface area contributed by atoms with Gasteiger partial charge in [0.25, 0.3) is 0 Å². The molecule has 0 aliphatic carbocycles. The first-order valence-corrected chi connectivity index (χ1v) is 5.93. The molecule has 0 bridgehead atoms. The fraction of sp³-hybridized carbons (Fsp3) is 0.385. The van der Waals surface area contributed by atoms with Crippen molar-refractivity contribution in [2.45, 2.75) is 13.5 Å². The monoisotopic (exact) mass is 266 g/mol. The molecule has 2 N–H and O–H groups in total. The zero-order valence-corrected chi connectivity index (χ0v) is 11.0. The normalized spacial score (nSPS) is 10.0. The van der Waals surface area contributed by atoms with Gasteiger partial charge < -0.3 is 20.1 Å². The average molecular weight is 266 g/mol. The summed E-state index contributed by atoms with van der Waals surface area (Å²) in [6, 6.07) is 6.79. The molecule has 0 aliphatic heterocycles. The van der Waals surface area contributed by atoms with Crippen molar-refractivity contribution >= 4 is 17.7 Å².